The van der Waals surface area contributed by atoms with Gasteiger partial charge in [-0.3, -0.25) is 14.4 Å². The molecule has 0 atom stereocenters. The Morgan fingerprint density at radius 2 is 1.90 bits per heavy atom. The predicted molar refractivity (Wildman–Crippen MR) is 103 cm³/mol. The first-order valence-electron chi connectivity index (χ1n) is 9.14. The van der Waals surface area contributed by atoms with Crippen LogP contribution >= 0.6 is 0 Å². The highest BCUT2D eigenvalue weighted by atomic mass is 19.1. The molecule has 8 nitrogen and oxygen atoms in total. The molecule has 0 fully saturated rings. The number of carbonyl (C=O) groups is 1. The second-order valence-corrected chi connectivity index (χ2v) is 6.62. The van der Waals surface area contributed by atoms with Crippen molar-refractivity contribution in [1.29, 1.82) is 0 Å². The number of unbranched alkanes of at least 4 members (excludes halogenated alkanes) is 1. The largest absolute Gasteiger partial charge is 0.503 e. The van der Waals surface area contributed by atoms with E-state index < -0.39 is 39.8 Å². The van der Waals surface area contributed by atoms with Crippen molar-refractivity contribution in [3.8, 4) is 5.75 Å². The van der Waals surface area contributed by atoms with Crippen molar-refractivity contribution in [2.75, 3.05) is 6.61 Å². The van der Waals surface area contributed by atoms with Crippen molar-refractivity contribution < 1.29 is 23.8 Å². The number of aliphatic hydroxyl groups excluding tert-OH is 1. The molecule has 0 saturated carbocycles. The monoisotopic (exact) mass is 419 g/mol. The Morgan fingerprint density at radius 1 is 1.13 bits per heavy atom. The van der Waals surface area contributed by atoms with Gasteiger partial charge < -0.3 is 24.5 Å². The molecular formula is C20H19F2N3O5. The molecule has 0 aliphatic rings. The van der Waals surface area contributed by atoms with Crippen LogP contribution < -0.4 is 16.3 Å². The summed E-state index contributed by atoms with van der Waals surface area (Å²) >= 11 is 0. The first-order valence-corrected chi connectivity index (χ1v) is 9.14. The molecule has 1 aromatic carbocycles. The van der Waals surface area contributed by atoms with Gasteiger partial charge in [0.1, 0.15) is 17.2 Å². The second-order valence-electron chi connectivity index (χ2n) is 6.62. The number of aromatic nitrogens is 2. The third-order valence-corrected chi connectivity index (χ3v) is 4.59. The molecule has 0 saturated heterocycles. The molecule has 30 heavy (non-hydrogen) atoms. The fourth-order valence-electron chi connectivity index (χ4n) is 2.97. The first-order chi connectivity index (χ1) is 14.3. The summed E-state index contributed by atoms with van der Waals surface area (Å²) in [7, 11) is 0. The molecule has 0 aliphatic carbocycles. The lowest BCUT2D eigenvalue weighted by Gasteiger charge is -2.11. The Kier molecular flexibility index (Phi) is 6.26. The Bertz CT molecular complexity index is 1220. The van der Waals surface area contributed by atoms with Gasteiger partial charge >= 0.3 is 0 Å². The number of amides is 1. The lowest BCUT2D eigenvalue weighted by atomic mass is 10.2. The Labute approximate surface area is 168 Å². The van der Waals surface area contributed by atoms with E-state index in [2.05, 4.69) is 5.32 Å². The number of nitrogens with one attached hydrogen (secondary N) is 1. The highest BCUT2D eigenvalue weighted by Gasteiger charge is 2.19. The molecule has 0 aliphatic heterocycles. The smallest absolute Gasteiger partial charge is 0.278 e. The highest BCUT2D eigenvalue weighted by Crippen LogP contribution is 2.12. The van der Waals surface area contributed by atoms with Gasteiger partial charge in [-0.1, -0.05) is 6.07 Å². The van der Waals surface area contributed by atoms with Crippen LogP contribution in [0.3, 0.4) is 0 Å². The molecule has 2 heterocycles. The Balaban J connectivity index is 1.90. The third-order valence-electron chi connectivity index (χ3n) is 4.59. The minimum atomic E-state index is -1.04. The van der Waals surface area contributed by atoms with E-state index in [4.69, 9.17) is 5.11 Å². The molecule has 1 amide bonds. The van der Waals surface area contributed by atoms with E-state index in [1.54, 1.807) is 0 Å². The summed E-state index contributed by atoms with van der Waals surface area (Å²) in [5, 5.41) is 21.4. The zero-order chi connectivity index (χ0) is 21.8. The molecule has 0 radical (unpaired) electrons. The van der Waals surface area contributed by atoms with Gasteiger partial charge in [-0.05, 0) is 18.9 Å². The molecule has 2 aromatic heterocycles. The van der Waals surface area contributed by atoms with Gasteiger partial charge in [-0.2, -0.15) is 0 Å². The molecule has 10 heteroatoms. The first kappa shape index (κ1) is 21.2. The third kappa shape index (κ3) is 4.23. The van der Waals surface area contributed by atoms with Gasteiger partial charge in [-0.15, -0.1) is 0 Å². The van der Waals surface area contributed by atoms with E-state index in [-0.39, 0.29) is 30.8 Å². The second kappa shape index (κ2) is 8.87. The van der Waals surface area contributed by atoms with Crippen molar-refractivity contribution >= 4 is 11.4 Å². The van der Waals surface area contributed by atoms with Gasteiger partial charge in [0, 0.05) is 49.9 Å². The molecule has 3 N–H and O–H groups in total. The number of hydrogen-bond donors (Lipinski definition) is 3. The van der Waals surface area contributed by atoms with Crippen molar-refractivity contribution in [3.05, 3.63) is 80.1 Å². The van der Waals surface area contributed by atoms with Crippen molar-refractivity contribution in [2.24, 2.45) is 0 Å². The number of hydrogen-bond acceptors (Lipinski definition) is 5. The summed E-state index contributed by atoms with van der Waals surface area (Å²) in [5.74, 6) is -3.38. The lowest BCUT2D eigenvalue weighted by Crippen LogP contribution is -2.31. The molecule has 3 aromatic rings. The number of nitrogens with zero attached hydrogens (tertiary/aromatic N) is 2. The summed E-state index contributed by atoms with van der Waals surface area (Å²) in [5.41, 5.74) is -2.37. The fourth-order valence-corrected chi connectivity index (χ4v) is 2.97. The van der Waals surface area contributed by atoms with Gasteiger partial charge in [0.2, 0.25) is 5.43 Å². The number of aliphatic hydroxyl groups is 1. The fraction of sp³-hybridized carbons (Fsp3) is 0.250. The summed E-state index contributed by atoms with van der Waals surface area (Å²) < 4.78 is 29.1. The van der Waals surface area contributed by atoms with Gasteiger partial charge in [0.15, 0.2) is 11.3 Å². The van der Waals surface area contributed by atoms with Crippen LogP contribution in [0.1, 0.15) is 28.8 Å². The SMILES string of the molecule is O=C(NCc1ccc(F)cc1F)c1cn2ccn(CCCCO)c(=O)c2c(O)c1=O. The molecule has 0 bridgehead atoms. The van der Waals surface area contributed by atoms with Crippen LogP contribution in [0, 0.1) is 11.6 Å². The minimum absolute atomic E-state index is 0.0145. The number of pyridine rings is 1. The van der Waals surface area contributed by atoms with Crippen LogP contribution in [0.25, 0.3) is 5.52 Å². The van der Waals surface area contributed by atoms with Crippen LogP contribution in [0.15, 0.2) is 46.4 Å². The van der Waals surface area contributed by atoms with E-state index in [0.717, 1.165) is 22.7 Å². The average molecular weight is 419 g/mol. The van der Waals surface area contributed by atoms with E-state index >= 15 is 0 Å². The van der Waals surface area contributed by atoms with Gasteiger partial charge in [0.25, 0.3) is 11.5 Å². The molecule has 0 spiro atoms. The highest BCUT2D eigenvalue weighted by molar-refractivity contribution is 5.94. The standard InChI is InChI=1S/C20H19F2N3O5/c21-13-4-3-12(15(22)9-13)10-23-19(29)14-11-25-7-6-24(5-1-2-8-26)20(30)16(25)18(28)17(14)27/h3-4,6-7,9,11,26,28H,1-2,5,8,10H2,(H,23,29). The zero-order valence-electron chi connectivity index (χ0n) is 15.8. The molecule has 0 unspecified atom stereocenters. The minimum Gasteiger partial charge on any atom is -0.503 e. The van der Waals surface area contributed by atoms with Gasteiger partial charge in [-0.25, -0.2) is 8.78 Å². The number of aryl methyl sites for hydroxylation is 1. The van der Waals surface area contributed by atoms with Crippen LogP contribution in [-0.4, -0.2) is 31.7 Å². The summed E-state index contributed by atoms with van der Waals surface area (Å²) in [6.07, 6.45) is 4.97. The van der Waals surface area contributed by atoms with Crippen molar-refractivity contribution in [1.82, 2.24) is 14.3 Å². The van der Waals surface area contributed by atoms with Crippen LogP contribution in [0.2, 0.25) is 0 Å². The predicted octanol–water partition coefficient (Wildman–Crippen LogP) is 1.15. The summed E-state index contributed by atoms with van der Waals surface area (Å²) in [6.45, 7) is -0.0391. The van der Waals surface area contributed by atoms with Crippen molar-refractivity contribution in [2.45, 2.75) is 25.9 Å². The lowest BCUT2D eigenvalue weighted by molar-refractivity contribution is 0.0948. The number of carbonyl (C=O) groups excluding carboxylic acids is 1. The van der Waals surface area contributed by atoms with E-state index in [1.165, 1.54) is 17.0 Å². The van der Waals surface area contributed by atoms with E-state index in [0.29, 0.717) is 18.9 Å². The molecular weight excluding hydrogens is 400 g/mol. The van der Waals surface area contributed by atoms with Gasteiger partial charge in [0.05, 0.1) is 0 Å². The molecule has 3 rings (SSSR count). The summed E-state index contributed by atoms with van der Waals surface area (Å²) in [4.78, 5) is 37.4. The quantitative estimate of drug-likeness (QED) is 0.498. The topological polar surface area (TPSA) is 113 Å². The number of aromatic hydroxyl groups is 1. The average Bonchev–Trinajstić information content (AvgIpc) is 2.71. The maximum Gasteiger partial charge on any atom is 0.278 e. The summed E-state index contributed by atoms with van der Waals surface area (Å²) in [6, 6.07) is 2.87. The normalized spacial score (nSPS) is 11.0. The van der Waals surface area contributed by atoms with Crippen molar-refractivity contribution in [3.63, 3.8) is 0 Å². The van der Waals surface area contributed by atoms with E-state index in [1.807, 2.05) is 0 Å². The number of halogens is 2. The zero-order valence-corrected chi connectivity index (χ0v) is 15.8. The molecule has 158 valence electrons. The van der Waals surface area contributed by atoms with E-state index in [9.17, 15) is 28.3 Å². The number of fused-ring (bicyclic) bond motifs is 1. The number of benzene rings is 1. The maximum absolute atomic E-state index is 13.7. The number of rotatable bonds is 7. The Hall–Kier alpha value is -3.53. The Morgan fingerprint density at radius 3 is 2.60 bits per heavy atom. The van der Waals surface area contributed by atoms with Crippen LogP contribution in [-0.2, 0) is 13.1 Å². The van der Waals surface area contributed by atoms with Crippen LogP contribution in [0.5, 0.6) is 5.75 Å². The maximum atomic E-state index is 13.7. The van der Waals surface area contributed by atoms with Crippen LogP contribution in [0.4, 0.5) is 8.78 Å².